The summed E-state index contributed by atoms with van der Waals surface area (Å²) in [7, 11) is 0. The quantitative estimate of drug-likeness (QED) is 0.596. The Morgan fingerprint density at radius 2 is 1.74 bits per heavy atom. The van der Waals surface area contributed by atoms with E-state index < -0.39 is 0 Å². The number of thiophene rings is 1. The van der Waals surface area contributed by atoms with Gasteiger partial charge in [-0.1, -0.05) is 24.3 Å². The summed E-state index contributed by atoms with van der Waals surface area (Å²) in [5, 5.41) is 7.61. The van der Waals surface area contributed by atoms with Crippen molar-refractivity contribution in [2.75, 3.05) is 10.6 Å². The summed E-state index contributed by atoms with van der Waals surface area (Å²) in [5.41, 5.74) is 3.88. The van der Waals surface area contributed by atoms with E-state index in [9.17, 15) is 9.59 Å². The Bertz CT molecular complexity index is 991. The Morgan fingerprint density at radius 3 is 2.48 bits per heavy atom. The van der Waals surface area contributed by atoms with Crippen LogP contribution < -0.4 is 10.6 Å². The molecule has 2 amide bonds. The fourth-order valence-corrected chi connectivity index (χ4v) is 3.14. The van der Waals surface area contributed by atoms with E-state index in [0.717, 1.165) is 21.7 Å². The molecule has 0 bridgehead atoms. The van der Waals surface area contributed by atoms with Gasteiger partial charge >= 0.3 is 0 Å². The van der Waals surface area contributed by atoms with E-state index in [1.165, 1.54) is 6.08 Å². The molecule has 2 aromatic carbocycles. The molecule has 0 saturated heterocycles. The van der Waals surface area contributed by atoms with Crippen LogP contribution in [0.5, 0.6) is 0 Å². The predicted molar refractivity (Wildman–Crippen MR) is 112 cm³/mol. The Labute approximate surface area is 162 Å². The molecule has 5 heteroatoms. The van der Waals surface area contributed by atoms with Gasteiger partial charge in [-0.25, -0.2) is 0 Å². The molecule has 0 aliphatic rings. The highest BCUT2D eigenvalue weighted by molar-refractivity contribution is 7.10. The summed E-state index contributed by atoms with van der Waals surface area (Å²) >= 11 is 1.55. The van der Waals surface area contributed by atoms with Gasteiger partial charge in [-0.2, -0.15) is 0 Å². The minimum Gasteiger partial charge on any atom is -0.322 e. The molecule has 0 radical (unpaired) electrons. The van der Waals surface area contributed by atoms with Crippen LogP contribution >= 0.6 is 11.3 Å². The third-order valence-corrected chi connectivity index (χ3v) is 4.97. The van der Waals surface area contributed by atoms with Crippen molar-refractivity contribution in [2.45, 2.75) is 13.8 Å². The van der Waals surface area contributed by atoms with E-state index >= 15 is 0 Å². The smallest absolute Gasteiger partial charge is 0.257 e. The van der Waals surface area contributed by atoms with Crippen LogP contribution in [0.15, 0.2) is 66.1 Å². The Morgan fingerprint density at radius 1 is 0.926 bits per heavy atom. The molecule has 0 unspecified atom stereocenters. The first-order chi connectivity index (χ1) is 13.0. The van der Waals surface area contributed by atoms with Gasteiger partial charge in [0.25, 0.3) is 5.91 Å². The van der Waals surface area contributed by atoms with Gasteiger partial charge in [0, 0.05) is 16.6 Å². The van der Waals surface area contributed by atoms with Crippen LogP contribution in [0.25, 0.3) is 6.08 Å². The summed E-state index contributed by atoms with van der Waals surface area (Å²) in [6.45, 7) is 4.02. The third-order valence-electron chi connectivity index (χ3n) is 4.14. The third kappa shape index (κ3) is 4.92. The number of anilines is 2. The van der Waals surface area contributed by atoms with Gasteiger partial charge in [-0.3, -0.25) is 9.59 Å². The maximum atomic E-state index is 12.7. The van der Waals surface area contributed by atoms with Gasteiger partial charge in [0.1, 0.15) is 0 Å². The van der Waals surface area contributed by atoms with Crippen LogP contribution in [0.3, 0.4) is 0 Å². The van der Waals surface area contributed by atoms with Gasteiger partial charge < -0.3 is 10.6 Å². The summed E-state index contributed by atoms with van der Waals surface area (Å²) in [6.07, 6.45) is 3.21. The van der Waals surface area contributed by atoms with E-state index in [1.54, 1.807) is 41.7 Å². The molecule has 3 rings (SSSR count). The van der Waals surface area contributed by atoms with Gasteiger partial charge in [0.15, 0.2) is 0 Å². The average molecular weight is 376 g/mol. The topological polar surface area (TPSA) is 58.2 Å². The standard InChI is InChI=1S/C22H20N2O2S/c1-15-9-10-17(14-16(15)2)23-22(26)19-7-3-4-8-20(19)24-21(25)12-11-18-6-5-13-27-18/h3-14H,1-2H3,(H,23,26)(H,24,25). The second-order valence-electron chi connectivity index (χ2n) is 6.14. The van der Waals surface area contributed by atoms with Crippen LogP contribution in [-0.4, -0.2) is 11.8 Å². The second-order valence-corrected chi connectivity index (χ2v) is 7.12. The first kappa shape index (κ1) is 18.6. The van der Waals surface area contributed by atoms with Crippen molar-refractivity contribution >= 4 is 40.6 Å². The summed E-state index contributed by atoms with van der Waals surface area (Å²) in [5.74, 6) is -0.550. The van der Waals surface area contributed by atoms with E-state index in [0.29, 0.717) is 11.3 Å². The van der Waals surface area contributed by atoms with Crippen LogP contribution in [0.2, 0.25) is 0 Å². The number of benzene rings is 2. The summed E-state index contributed by atoms with van der Waals surface area (Å²) in [6, 6.07) is 16.6. The van der Waals surface area contributed by atoms with Crippen molar-refractivity contribution in [3.8, 4) is 0 Å². The van der Waals surface area contributed by atoms with E-state index in [2.05, 4.69) is 10.6 Å². The summed E-state index contributed by atoms with van der Waals surface area (Å²) in [4.78, 5) is 25.9. The van der Waals surface area contributed by atoms with Gasteiger partial charge in [-0.05, 0) is 66.8 Å². The fourth-order valence-electron chi connectivity index (χ4n) is 2.53. The van der Waals surface area contributed by atoms with Crippen molar-refractivity contribution in [1.82, 2.24) is 0 Å². The minimum atomic E-state index is -0.283. The molecule has 0 aliphatic heterocycles. The van der Waals surface area contributed by atoms with Crippen LogP contribution in [0, 0.1) is 13.8 Å². The molecule has 136 valence electrons. The molecule has 0 fully saturated rings. The van der Waals surface area contributed by atoms with Crippen LogP contribution in [0.1, 0.15) is 26.4 Å². The molecule has 27 heavy (non-hydrogen) atoms. The molecule has 0 spiro atoms. The lowest BCUT2D eigenvalue weighted by Gasteiger charge is -2.11. The van der Waals surface area contributed by atoms with E-state index in [1.807, 2.05) is 49.6 Å². The monoisotopic (exact) mass is 376 g/mol. The number of nitrogens with one attached hydrogen (secondary N) is 2. The van der Waals surface area contributed by atoms with Crippen LogP contribution in [0.4, 0.5) is 11.4 Å². The number of amides is 2. The highest BCUT2D eigenvalue weighted by atomic mass is 32.1. The molecule has 1 heterocycles. The molecule has 0 aliphatic carbocycles. The average Bonchev–Trinajstić information content (AvgIpc) is 3.17. The van der Waals surface area contributed by atoms with Gasteiger partial charge in [0.05, 0.1) is 11.3 Å². The van der Waals surface area contributed by atoms with Crippen molar-refractivity contribution in [1.29, 1.82) is 0 Å². The van der Waals surface area contributed by atoms with Crippen molar-refractivity contribution in [3.05, 3.63) is 87.6 Å². The fraction of sp³-hybridized carbons (Fsp3) is 0.0909. The number of para-hydroxylation sites is 1. The molecule has 3 aromatic rings. The maximum Gasteiger partial charge on any atom is 0.257 e. The first-order valence-corrected chi connectivity index (χ1v) is 9.41. The zero-order chi connectivity index (χ0) is 19.2. The molecular formula is C22H20N2O2S. The normalized spacial score (nSPS) is 10.7. The molecule has 2 N–H and O–H groups in total. The number of rotatable bonds is 5. The number of hydrogen-bond acceptors (Lipinski definition) is 3. The largest absolute Gasteiger partial charge is 0.322 e. The van der Waals surface area contributed by atoms with Crippen molar-refractivity contribution in [2.24, 2.45) is 0 Å². The number of hydrogen-bond donors (Lipinski definition) is 2. The summed E-state index contributed by atoms with van der Waals surface area (Å²) < 4.78 is 0. The first-order valence-electron chi connectivity index (χ1n) is 8.53. The molecule has 0 saturated carbocycles. The molecule has 0 atom stereocenters. The van der Waals surface area contributed by atoms with Crippen LogP contribution in [-0.2, 0) is 4.79 Å². The maximum absolute atomic E-state index is 12.7. The lowest BCUT2D eigenvalue weighted by molar-refractivity contribution is -0.111. The Hall–Kier alpha value is -3.18. The lowest BCUT2D eigenvalue weighted by atomic mass is 10.1. The highest BCUT2D eigenvalue weighted by Gasteiger charge is 2.13. The van der Waals surface area contributed by atoms with Gasteiger partial charge in [-0.15, -0.1) is 11.3 Å². The van der Waals surface area contributed by atoms with Crippen molar-refractivity contribution in [3.63, 3.8) is 0 Å². The lowest BCUT2D eigenvalue weighted by Crippen LogP contribution is -2.17. The number of aryl methyl sites for hydroxylation is 2. The number of carbonyl (C=O) groups excluding carboxylic acids is 2. The Balaban J connectivity index is 1.73. The number of carbonyl (C=O) groups is 2. The Kier molecular flexibility index (Phi) is 5.84. The zero-order valence-electron chi connectivity index (χ0n) is 15.2. The molecule has 4 nitrogen and oxygen atoms in total. The molecule has 1 aromatic heterocycles. The highest BCUT2D eigenvalue weighted by Crippen LogP contribution is 2.19. The van der Waals surface area contributed by atoms with E-state index in [4.69, 9.17) is 0 Å². The predicted octanol–water partition coefficient (Wildman–Crippen LogP) is 5.27. The zero-order valence-corrected chi connectivity index (χ0v) is 16.0. The van der Waals surface area contributed by atoms with E-state index in [-0.39, 0.29) is 11.8 Å². The SMILES string of the molecule is Cc1ccc(NC(=O)c2ccccc2NC(=O)C=Cc2cccs2)cc1C. The minimum absolute atomic E-state index is 0.267. The van der Waals surface area contributed by atoms with Gasteiger partial charge in [0.2, 0.25) is 5.91 Å². The second kappa shape index (κ2) is 8.47. The van der Waals surface area contributed by atoms with Crippen molar-refractivity contribution < 1.29 is 9.59 Å². The molecular weight excluding hydrogens is 356 g/mol.